The molecule has 0 aliphatic heterocycles. The van der Waals surface area contributed by atoms with Gasteiger partial charge in [0.25, 0.3) is 0 Å². The van der Waals surface area contributed by atoms with Gasteiger partial charge in [-0.3, -0.25) is 0 Å². The average molecular weight is 265 g/mol. The summed E-state index contributed by atoms with van der Waals surface area (Å²) >= 11 is 0. The molecule has 0 heterocycles. The van der Waals surface area contributed by atoms with Crippen molar-refractivity contribution in [3.05, 3.63) is 23.8 Å². The average Bonchev–Trinajstić information content (AvgIpc) is 2.40. The maximum absolute atomic E-state index is 9.74. The van der Waals surface area contributed by atoms with Crippen LogP contribution < -0.4 is 10.1 Å². The fourth-order valence-corrected chi connectivity index (χ4v) is 2.44. The van der Waals surface area contributed by atoms with Crippen LogP contribution in [0, 0.1) is 5.41 Å². The molecular weight excluding hydrogens is 242 g/mol. The second-order valence-corrected chi connectivity index (χ2v) is 5.68. The van der Waals surface area contributed by atoms with Gasteiger partial charge in [-0.2, -0.15) is 0 Å². The van der Waals surface area contributed by atoms with Crippen molar-refractivity contribution >= 4 is 5.69 Å². The molecule has 106 valence electrons. The molecule has 2 rings (SSSR count). The van der Waals surface area contributed by atoms with Crippen molar-refractivity contribution in [3.8, 4) is 5.75 Å². The van der Waals surface area contributed by atoms with Gasteiger partial charge in [0.05, 0.1) is 19.3 Å². The molecule has 1 fully saturated rings. The van der Waals surface area contributed by atoms with E-state index in [1.165, 1.54) is 0 Å². The van der Waals surface area contributed by atoms with Gasteiger partial charge in [-0.05, 0) is 31.5 Å². The number of aliphatic hydroxyl groups excluding tert-OH is 2. The highest BCUT2D eigenvalue weighted by Crippen LogP contribution is 2.42. The number of hydrogen-bond acceptors (Lipinski definition) is 4. The molecule has 1 aliphatic rings. The molecule has 2 atom stereocenters. The minimum absolute atomic E-state index is 0.0401. The largest absolute Gasteiger partial charge is 0.494 e. The lowest BCUT2D eigenvalue weighted by atomic mass is 9.64. The van der Waals surface area contributed by atoms with Crippen LogP contribution in [0.3, 0.4) is 0 Å². The van der Waals surface area contributed by atoms with Crippen LogP contribution in [0.2, 0.25) is 0 Å². The number of anilines is 1. The van der Waals surface area contributed by atoms with E-state index >= 15 is 0 Å². The van der Waals surface area contributed by atoms with Gasteiger partial charge in [0, 0.05) is 22.7 Å². The number of nitrogens with one attached hydrogen (secondary N) is 1. The lowest BCUT2D eigenvalue weighted by Gasteiger charge is -2.49. The Kier molecular flexibility index (Phi) is 4.02. The molecule has 0 amide bonds. The Morgan fingerprint density at radius 2 is 2.16 bits per heavy atom. The van der Waals surface area contributed by atoms with Crippen LogP contribution in [-0.4, -0.2) is 29.0 Å². The zero-order valence-corrected chi connectivity index (χ0v) is 11.8. The van der Waals surface area contributed by atoms with Crippen molar-refractivity contribution in [2.75, 3.05) is 11.9 Å². The van der Waals surface area contributed by atoms with Gasteiger partial charge in [0.2, 0.25) is 0 Å². The van der Waals surface area contributed by atoms with Crippen LogP contribution in [0.4, 0.5) is 5.69 Å². The SMILES string of the molecule is CCOc1ccc(NC2CC(O)C2(C)C)cc1CO. The summed E-state index contributed by atoms with van der Waals surface area (Å²) in [6.45, 7) is 6.58. The van der Waals surface area contributed by atoms with Crippen molar-refractivity contribution in [2.45, 2.75) is 45.9 Å². The van der Waals surface area contributed by atoms with Crippen molar-refractivity contribution in [1.29, 1.82) is 0 Å². The van der Waals surface area contributed by atoms with Crippen LogP contribution in [0.15, 0.2) is 18.2 Å². The topological polar surface area (TPSA) is 61.7 Å². The van der Waals surface area contributed by atoms with Crippen LogP contribution in [0.1, 0.15) is 32.8 Å². The van der Waals surface area contributed by atoms with E-state index in [2.05, 4.69) is 19.2 Å². The highest BCUT2D eigenvalue weighted by Gasteiger charge is 2.47. The quantitative estimate of drug-likeness (QED) is 0.763. The highest BCUT2D eigenvalue weighted by atomic mass is 16.5. The van der Waals surface area contributed by atoms with Gasteiger partial charge < -0.3 is 20.3 Å². The van der Waals surface area contributed by atoms with Crippen molar-refractivity contribution in [2.24, 2.45) is 5.41 Å². The van der Waals surface area contributed by atoms with Gasteiger partial charge in [0.15, 0.2) is 0 Å². The van der Waals surface area contributed by atoms with Crippen molar-refractivity contribution < 1.29 is 14.9 Å². The second kappa shape index (κ2) is 5.39. The number of hydrogen-bond donors (Lipinski definition) is 3. The third kappa shape index (κ3) is 2.69. The van der Waals surface area contributed by atoms with Gasteiger partial charge in [0.1, 0.15) is 5.75 Å². The van der Waals surface area contributed by atoms with E-state index in [1.54, 1.807) is 0 Å². The van der Waals surface area contributed by atoms with Crippen molar-refractivity contribution in [3.63, 3.8) is 0 Å². The second-order valence-electron chi connectivity index (χ2n) is 5.68. The van der Waals surface area contributed by atoms with E-state index < -0.39 is 0 Å². The first-order valence-electron chi connectivity index (χ1n) is 6.80. The summed E-state index contributed by atoms with van der Waals surface area (Å²) in [6.07, 6.45) is 0.513. The third-order valence-electron chi connectivity index (χ3n) is 4.09. The predicted octanol–water partition coefficient (Wildman–Crippen LogP) is 2.15. The predicted molar refractivity (Wildman–Crippen MR) is 75.3 cm³/mol. The van der Waals surface area contributed by atoms with Crippen LogP contribution in [0.25, 0.3) is 0 Å². The minimum Gasteiger partial charge on any atom is -0.494 e. The smallest absolute Gasteiger partial charge is 0.124 e. The fraction of sp³-hybridized carbons (Fsp3) is 0.600. The van der Waals surface area contributed by atoms with E-state index in [0.717, 1.165) is 23.4 Å². The van der Waals surface area contributed by atoms with Crippen LogP contribution in [-0.2, 0) is 6.61 Å². The van der Waals surface area contributed by atoms with Crippen LogP contribution in [0.5, 0.6) is 5.75 Å². The molecule has 3 N–H and O–H groups in total. The Hall–Kier alpha value is -1.26. The molecule has 1 aliphatic carbocycles. The van der Waals surface area contributed by atoms with E-state index in [-0.39, 0.29) is 24.2 Å². The third-order valence-corrected chi connectivity index (χ3v) is 4.09. The first kappa shape index (κ1) is 14.2. The number of benzene rings is 1. The van der Waals surface area contributed by atoms with Gasteiger partial charge in [-0.25, -0.2) is 0 Å². The number of ether oxygens (including phenoxy) is 1. The molecule has 1 saturated carbocycles. The zero-order valence-electron chi connectivity index (χ0n) is 11.8. The Morgan fingerprint density at radius 3 is 2.68 bits per heavy atom. The van der Waals surface area contributed by atoms with Gasteiger partial charge in [-0.1, -0.05) is 13.8 Å². The summed E-state index contributed by atoms with van der Waals surface area (Å²) in [5.74, 6) is 0.725. The molecule has 2 unspecified atom stereocenters. The Bertz CT molecular complexity index is 445. The van der Waals surface area contributed by atoms with E-state index in [0.29, 0.717) is 6.61 Å². The van der Waals surface area contributed by atoms with E-state index in [1.807, 2.05) is 25.1 Å². The molecule has 4 nitrogen and oxygen atoms in total. The number of rotatable bonds is 5. The Balaban J connectivity index is 2.10. The lowest BCUT2D eigenvalue weighted by molar-refractivity contribution is -0.0510. The summed E-state index contributed by atoms with van der Waals surface area (Å²) < 4.78 is 5.46. The molecule has 1 aromatic carbocycles. The van der Waals surface area contributed by atoms with E-state index in [4.69, 9.17) is 4.74 Å². The summed E-state index contributed by atoms with van der Waals surface area (Å²) in [6, 6.07) is 5.99. The van der Waals surface area contributed by atoms with Gasteiger partial charge >= 0.3 is 0 Å². The number of aliphatic hydroxyl groups is 2. The Labute approximate surface area is 114 Å². The zero-order chi connectivity index (χ0) is 14.0. The molecule has 0 aromatic heterocycles. The monoisotopic (exact) mass is 265 g/mol. The summed E-state index contributed by atoms with van der Waals surface area (Å²) in [5.41, 5.74) is 1.62. The molecule has 1 aromatic rings. The summed E-state index contributed by atoms with van der Waals surface area (Å²) in [5, 5.41) is 22.5. The first-order valence-corrected chi connectivity index (χ1v) is 6.80. The van der Waals surface area contributed by atoms with E-state index in [9.17, 15) is 10.2 Å². The summed E-state index contributed by atoms with van der Waals surface area (Å²) in [7, 11) is 0. The molecule has 4 heteroatoms. The summed E-state index contributed by atoms with van der Waals surface area (Å²) in [4.78, 5) is 0. The van der Waals surface area contributed by atoms with Gasteiger partial charge in [-0.15, -0.1) is 0 Å². The van der Waals surface area contributed by atoms with Crippen molar-refractivity contribution in [1.82, 2.24) is 0 Å². The lowest BCUT2D eigenvalue weighted by Crippen LogP contribution is -2.56. The maximum Gasteiger partial charge on any atom is 0.124 e. The molecule has 19 heavy (non-hydrogen) atoms. The highest BCUT2D eigenvalue weighted by molar-refractivity contribution is 5.52. The molecule has 0 radical (unpaired) electrons. The minimum atomic E-state index is -0.245. The molecular formula is C15H23NO3. The fourth-order valence-electron chi connectivity index (χ4n) is 2.44. The normalized spacial score (nSPS) is 24.7. The van der Waals surface area contributed by atoms with Crippen LogP contribution >= 0.6 is 0 Å². The standard InChI is InChI=1S/C15H23NO3/c1-4-19-12-6-5-11(7-10(12)9-17)16-13-8-14(18)15(13,2)3/h5-7,13-14,16-18H,4,8-9H2,1-3H3. The Morgan fingerprint density at radius 1 is 1.42 bits per heavy atom. The molecule has 0 bridgehead atoms. The first-order chi connectivity index (χ1) is 8.98. The maximum atomic E-state index is 9.74. The molecule has 0 saturated heterocycles. The molecule has 0 spiro atoms.